The average molecular weight is 221 g/mol. The summed E-state index contributed by atoms with van der Waals surface area (Å²) in [6.45, 7) is 7.15. The summed E-state index contributed by atoms with van der Waals surface area (Å²) in [5.74, 6) is 1.59. The van der Waals surface area contributed by atoms with Crippen molar-refractivity contribution in [1.29, 1.82) is 0 Å². The highest BCUT2D eigenvalue weighted by Gasteiger charge is 2.09. The van der Waals surface area contributed by atoms with Crippen LogP contribution in [0, 0.1) is 19.8 Å². The van der Waals surface area contributed by atoms with Gasteiger partial charge in [0.1, 0.15) is 5.75 Å². The molecule has 0 amide bonds. The molecule has 0 aliphatic carbocycles. The van der Waals surface area contributed by atoms with Gasteiger partial charge in [0.2, 0.25) is 0 Å². The van der Waals surface area contributed by atoms with Crippen LogP contribution in [0.5, 0.6) is 5.75 Å². The molecule has 0 saturated carbocycles. The fourth-order valence-electron chi connectivity index (χ4n) is 2.21. The number of rotatable bonds is 5. The van der Waals surface area contributed by atoms with Crippen LogP contribution in [0.3, 0.4) is 0 Å². The van der Waals surface area contributed by atoms with E-state index in [-0.39, 0.29) is 0 Å². The predicted molar refractivity (Wildman–Crippen MR) is 69.0 cm³/mol. The third-order valence-corrected chi connectivity index (χ3v) is 3.16. The third kappa shape index (κ3) is 2.99. The minimum absolute atomic E-state index is 0.590. The topological polar surface area (TPSA) is 35.2 Å². The first kappa shape index (κ1) is 13.0. The monoisotopic (exact) mass is 221 g/mol. The predicted octanol–water partition coefficient (Wildman–Crippen LogP) is 2.84. The van der Waals surface area contributed by atoms with Crippen LogP contribution in [0.15, 0.2) is 12.1 Å². The summed E-state index contributed by atoms with van der Waals surface area (Å²) in [6.07, 6.45) is 2.21. The van der Waals surface area contributed by atoms with Gasteiger partial charge in [0.15, 0.2) is 0 Å². The number of benzene rings is 1. The van der Waals surface area contributed by atoms with E-state index < -0.39 is 0 Å². The van der Waals surface area contributed by atoms with E-state index in [4.69, 9.17) is 10.5 Å². The van der Waals surface area contributed by atoms with Gasteiger partial charge in [-0.05, 0) is 49.4 Å². The normalized spacial score (nSPS) is 12.6. The Bertz CT molecular complexity index is 320. The highest BCUT2D eigenvalue weighted by Crippen LogP contribution is 2.25. The van der Waals surface area contributed by atoms with Gasteiger partial charge in [-0.1, -0.05) is 25.5 Å². The van der Waals surface area contributed by atoms with E-state index in [2.05, 4.69) is 32.9 Å². The third-order valence-electron chi connectivity index (χ3n) is 3.16. The Hall–Kier alpha value is -1.02. The summed E-state index contributed by atoms with van der Waals surface area (Å²) in [7, 11) is 1.73. The van der Waals surface area contributed by atoms with Crippen LogP contribution in [0.4, 0.5) is 0 Å². The lowest BCUT2D eigenvalue weighted by molar-refractivity contribution is 0.408. The maximum Gasteiger partial charge on any atom is 0.124 e. The molecular weight excluding hydrogens is 198 g/mol. The van der Waals surface area contributed by atoms with Crippen molar-refractivity contribution in [2.24, 2.45) is 11.7 Å². The Balaban J connectivity index is 2.91. The second-order valence-electron chi connectivity index (χ2n) is 4.48. The molecule has 1 aromatic rings. The molecule has 90 valence electrons. The summed E-state index contributed by atoms with van der Waals surface area (Å²) < 4.78 is 5.36. The first-order chi connectivity index (χ1) is 7.62. The second-order valence-corrected chi connectivity index (χ2v) is 4.48. The van der Waals surface area contributed by atoms with Crippen LogP contribution in [0.25, 0.3) is 0 Å². The molecule has 2 nitrogen and oxygen atoms in total. The number of aryl methyl sites for hydroxylation is 2. The molecule has 0 bridgehead atoms. The number of hydrogen-bond acceptors (Lipinski definition) is 2. The Labute approximate surface area is 98.8 Å². The highest BCUT2D eigenvalue weighted by molar-refractivity contribution is 5.43. The van der Waals surface area contributed by atoms with Crippen molar-refractivity contribution < 1.29 is 4.74 Å². The number of methoxy groups -OCH3 is 1. The van der Waals surface area contributed by atoms with Gasteiger partial charge in [0.25, 0.3) is 0 Å². The Morgan fingerprint density at radius 1 is 1.25 bits per heavy atom. The van der Waals surface area contributed by atoms with E-state index in [9.17, 15) is 0 Å². The largest absolute Gasteiger partial charge is 0.496 e. The van der Waals surface area contributed by atoms with Crippen LogP contribution in [0.2, 0.25) is 0 Å². The standard InChI is InChI=1S/C14H23NO/c1-5-12(9-15)8-13-6-10(2)14(16-4)11(3)7-13/h6-7,12H,5,8-9,15H2,1-4H3. The molecule has 1 aromatic carbocycles. The molecule has 0 heterocycles. The van der Waals surface area contributed by atoms with Gasteiger partial charge in [-0.3, -0.25) is 0 Å². The molecule has 0 aliphatic heterocycles. The first-order valence-electron chi connectivity index (χ1n) is 5.96. The molecule has 0 fully saturated rings. The lowest BCUT2D eigenvalue weighted by Crippen LogP contribution is -2.16. The number of hydrogen-bond donors (Lipinski definition) is 1. The molecule has 1 atom stereocenters. The van der Waals surface area contributed by atoms with Crippen molar-refractivity contribution in [3.8, 4) is 5.75 Å². The van der Waals surface area contributed by atoms with Crippen molar-refractivity contribution in [2.75, 3.05) is 13.7 Å². The Morgan fingerprint density at radius 2 is 1.81 bits per heavy atom. The minimum Gasteiger partial charge on any atom is -0.496 e. The average Bonchev–Trinajstić information content (AvgIpc) is 2.25. The quantitative estimate of drug-likeness (QED) is 0.829. The van der Waals surface area contributed by atoms with Crippen LogP contribution < -0.4 is 10.5 Å². The summed E-state index contributed by atoms with van der Waals surface area (Å²) in [6, 6.07) is 4.42. The molecule has 16 heavy (non-hydrogen) atoms. The van der Waals surface area contributed by atoms with Crippen molar-refractivity contribution in [1.82, 2.24) is 0 Å². The molecule has 0 spiro atoms. The van der Waals surface area contributed by atoms with E-state index in [1.807, 2.05) is 0 Å². The summed E-state index contributed by atoms with van der Waals surface area (Å²) >= 11 is 0. The summed E-state index contributed by atoms with van der Waals surface area (Å²) in [4.78, 5) is 0. The van der Waals surface area contributed by atoms with E-state index in [1.165, 1.54) is 16.7 Å². The molecule has 0 radical (unpaired) electrons. The van der Waals surface area contributed by atoms with E-state index in [0.717, 1.165) is 25.1 Å². The van der Waals surface area contributed by atoms with Crippen LogP contribution in [-0.4, -0.2) is 13.7 Å². The molecule has 0 saturated heterocycles. The maximum atomic E-state index is 5.74. The lowest BCUT2D eigenvalue weighted by atomic mass is 9.94. The zero-order valence-electron chi connectivity index (χ0n) is 10.8. The van der Waals surface area contributed by atoms with Gasteiger partial charge >= 0.3 is 0 Å². The van der Waals surface area contributed by atoms with Crippen LogP contribution in [0.1, 0.15) is 30.0 Å². The molecule has 2 heteroatoms. The molecule has 0 aliphatic rings. The number of nitrogens with two attached hydrogens (primary N) is 1. The van der Waals surface area contributed by atoms with Crippen molar-refractivity contribution >= 4 is 0 Å². The van der Waals surface area contributed by atoms with Crippen molar-refractivity contribution in [2.45, 2.75) is 33.6 Å². The lowest BCUT2D eigenvalue weighted by Gasteiger charge is -2.15. The van der Waals surface area contributed by atoms with Gasteiger partial charge in [-0.2, -0.15) is 0 Å². The second kappa shape index (κ2) is 5.90. The van der Waals surface area contributed by atoms with Gasteiger partial charge in [-0.25, -0.2) is 0 Å². The van der Waals surface area contributed by atoms with E-state index >= 15 is 0 Å². The minimum atomic E-state index is 0.590. The number of ether oxygens (including phenoxy) is 1. The molecular formula is C14H23NO. The fraction of sp³-hybridized carbons (Fsp3) is 0.571. The zero-order chi connectivity index (χ0) is 12.1. The van der Waals surface area contributed by atoms with Gasteiger partial charge in [-0.15, -0.1) is 0 Å². The Kier molecular flexibility index (Phi) is 4.81. The van der Waals surface area contributed by atoms with E-state index in [1.54, 1.807) is 7.11 Å². The SMILES string of the molecule is CCC(CN)Cc1cc(C)c(OC)c(C)c1. The first-order valence-corrected chi connectivity index (χ1v) is 5.96. The van der Waals surface area contributed by atoms with Crippen molar-refractivity contribution in [3.05, 3.63) is 28.8 Å². The maximum absolute atomic E-state index is 5.74. The van der Waals surface area contributed by atoms with Gasteiger partial charge < -0.3 is 10.5 Å². The zero-order valence-corrected chi connectivity index (χ0v) is 10.8. The Morgan fingerprint density at radius 3 is 2.19 bits per heavy atom. The summed E-state index contributed by atoms with van der Waals surface area (Å²) in [5.41, 5.74) is 9.53. The fourth-order valence-corrected chi connectivity index (χ4v) is 2.21. The van der Waals surface area contributed by atoms with Crippen LogP contribution in [-0.2, 0) is 6.42 Å². The smallest absolute Gasteiger partial charge is 0.124 e. The molecule has 2 N–H and O–H groups in total. The molecule has 1 rings (SSSR count). The summed E-state index contributed by atoms with van der Waals surface area (Å²) in [5, 5.41) is 0. The van der Waals surface area contributed by atoms with Gasteiger partial charge in [0, 0.05) is 0 Å². The van der Waals surface area contributed by atoms with Crippen molar-refractivity contribution in [3.63, 3.8) is 0 Å². The van der Waals surface area contributed by atoms with E-state index in [0.29, 0.717) is 5.92 Å². The molecule has 1 unspecified atom stereocenters. The highest BCUT2D eigenvalue weighted by atomic mass is 16.5. The van der Waals surface area contributed by atoms with Crippen LogP contribution >= 0.6 is 0 Å². The molecule has 0 aromatic heterocycles. The van der Waals surface area contributed by atoms with Gasteiger partial charge in [0.05, 0.1) is 7.11 Å².